The monoisotopic (exact) mass is 263 g/mol. The zero-order valence-electron chi connectivity index (χ0n) is 10.3. The van der Waals surface area contributed by atoms with Crippen LogP contribution in [0.4, 0.5) is 0 Å². The molecule has 0 saturated heterocycles. The third-order valence-electron chi connectivity index (χ3n) is 2.81. The van der Waals surface area contributed by atoms with Gasteiger partial charge in [0.15, 0.2) is 0 Å². The SMILES string of the molecule is COc1ccc(-c2ccc(CO)c(C)n2)cc1Cl. The predicted octanol–water partition coefficient (Wildman–Crippen LogP) is 3.21. The molecule has 3 nitrogen and oxygen atoms in total. The molecular weight excluding hydrogens is 250 g/mol. The van der Waals surface area contributed by atoms with Gasteiger partial charge in [0.1, 0.15) is 5.75 Å². The first-order chi connectivity index (χ1) is 8.65. The van der Waals surface area contributed by atoms with Crippen LogP contribution in [0.25, 0.3) is 11.3 Å². The van der Waals surface area contributed by atoms with Gasteiger partial charge in [-0.1, -0.05) is 17.7 Å². The zero-order valence-corrected chi connectivity index (χ0v) is 11.0. The first-order valence-electron chi connectivity index (χ1n) is 5.57. The van der Waals surface area contributed by atoms with Crippen molar-refractivity contribution in [3.05, 3.63) is 46.6 Å². The molecule has 0 spiro atoms. The van der Waals surface area contributed by atoms with Crippen LogP contribution in [0.15, 0.2) is 30.3 Å². The number of nitrogens with zero attached hydrogens (tertiary/aromatic N) is 1. The van der Waals surface area contributed by atoms with Crippen LogP contribution in [0.2, 0.25) is 5.02 Å². The number of aliphatic hydroxyl groups is 1. The molecular formula is C14H14ClNO2. The summed E-state index contributed by atoms with van der Waals surface area (Å²) in [5.41, 5.74) is 3.41. The topological polar surface area (TPSA) is 42.4 Å². The minimum absolute atomic E-state index is 0.00246. The lowest BCUT2D eigenvalue weighted by Gasteiger charge is -2.08. The number of aromatic nitrogens is 1. The highest BCUT2D eigenvalue weighted by Gasteiger charge is 2.06. The lowest BCUT2D eigenvalue weighted by atomic mass is 10.1. The lowest BCUT2D eigenvalue weighted by molar-refractivity contribution is 0.280. The number of pyridine rings is 1. The number of hydrogen-bond donors (Lipinski definition) is 1. The summed E-state index contributed by atoms with van der Waals surface area (Å²) in [6.07, 6.45) is 0. The van der Waals surface area contributed by atoms with Crippen LogP contribution in [-0.4, -0.2) is 17.2 Å². The van der Waals surface area contributed by atoms with Gasteiger partial charge in [-0.25, -0.2) is 0 Å². The van der Waals surface area contributed by atoms with Gasteiger partial charge in [-0.2, -0.15) is 0 Å². The van der Waals surface area contributed by atoms with Crippen molar-refractivity contribution in [1.29, 1.82) is 0 Å². The number of hydrogen-bond acceptors (Lipinski definition) is 3. The molecule has 2 aromatic rings. The van der Waals surface area contributed by atoms with Gasteiger partial charge in [0.25, 0.3) is 0 Å². The van der Waals surface area contributed by atoms with Crippen LogP contribution in [0.5, 0.6) is 5.75 Å². The number of aryl methyl sites for hydroxylation is 1. The summed E-state index contributed by atoms with van der Waals surface area (Å²) in [4.78, 5) is 4.45. The number of benzene rings is 1. The molecule has 1 aromatic carbocycles. The Morgan fingerprint density at radius 3 is 2.61 bits per heavy atom. The predicted molar refractivity (Wildman–Crippen MR) is 71.9 cm³/mol. The molecule has 2 rings (SSSR count). The van der Waals surface area contributed by atoms with Crippen molar-refractivity contribution in [3.8, 4) is 17.0 Å². The van der Waals surface area contributed by atoms with E-state index in [1.165, 1.54) is 0 Å². The van der Waals surface area contributed by atoms with Crippen LogP contribution in [0.3, 0.4) is 0 Å². The summed E-state index contributed by atoms with van der Waals surface area (Å²) >= 11 is 6.08. The minimum atomic E-state index is 0.00246. The molecule has 0 atom stereocenters. The van der Waals surface area contributed by atoms with Gasteiger partial charge in [-0.3, -0.25) is 4.98 Å². The van der Waals surface area contributed by atoms with E-state index < -0.39 is 0 Å². The molecule has 0 bridgehead atoms. The van der Waals surface area contributed by atoms with Crippen molar-refractivity contribution >= 4 is 11.6 Å². The maximum atomic E-state index is 9.11. The van der Waals surface area contributed by atoms with Crippen molar-refractivity contribution in [2.75, 3.05) is 7.11 Å². The standard InChI is InChI=1S/C14H14ClNO2/c1-9-11(8-17)3-5-13(16-9)10-4-6-14(18-2)12(15)7-10/h3-7,17H,8H2,1-2H3. The van der Waals surface area contributed by atoms with Crippen LogP contribution < -0.4 is 4.74 Å². The normalized spacial score (nSPS) is 10.4. The van der Waals surface area contributed by atoms with E-state index >= 15 is 0 Å². The smallest absolute Gasteiger partial charge is 0.137 e. The maximum absolute atomic E-state index is 9.11. The highest BCUT2D eigenvalue weighted by atomic mass is 35.5. The zero-order chi connectivity index (χ0) is 13.1. The van der Waals surface area contributed by atoms with Gasteiger partial charge >= 0.3 is 0 Å². The van der Waals surface area contributed by atoms with Crippen LogP contribution in [-0.2, 0) is 6.61 Å². The second kappa shape index (κ2) is 5.38. The molecule has 0 aliphatic rings. The Morgan fingerprint density at radius 2 is 2.06 bits per heavy atom. The summed E-state index contributed by atoms with van der Waals surface area (Å²) < 4.78 is 5.11. The summed E-state index contributed by atoms with van der Waals surface area (Å²) in [6, 6.07) is 9.28. The van der Waals surface area contributed by atoms with E-state index in [4.69, 9.17) is 21.4 Å². The molecule has 1 heterocycles. The molecule has 1 N–H and O–H groups in total. The second-order valence-corrected chi connectivity index (χ2v) is 4.36. The van der Waals surface area contributed by atoms with E-state index in [1.807, 2.05) is 37.3 Å². The first kappa shape index (κ1) is 12.9. The number of ether oxygens (including phenoxy) is 1. The average Bonchev–Trinajstić information content (AvgIpc) is 2.38. The molecule has 0 fully saturated rings. The van der Waals surface area contributed by atoms with Crippen molar-refractivity contribution in [2.45, 2.75) is 13.5 Å². The molecule has 4 heteroatoms. The molecule has 0 amide bonds. The third-order valence-corrected chi connectivity index (χ3v) is 3.11. The fourth-order valence-corrected chi connectivity index (χ4v) is 2.00. The van der Waals surface area contributed by atoms with E-state index in [0.717, 1.165) is 22.5 Å². The first-order valence-corrected chi connectivity index (χ1v) is 5.95. The van der Waals surface area contributed by atoms with E-state index in [9.17, 15) is 0 Å². The highest BCUT2D eigenvalue weighted by molar-refractivity contribution is 6.32. The number of methoxy groups -OCH3 is 1. The largest absolute Gasteiger partial charge is 0.495 e. The van der Waals surface area contributed by atoms with Gasteiger partial charge in [0, 0.05) is 11.3 Å². The second-order valence-electron chi connectivity index (χ2n) is 3.95. The fraction of sp³-hybridized carbons (Fsp3) is 0.214. The van der Waals surface area contributed by atoms with Crippen LogP contribution in [0, 0.1) is 6.92 Å². The molecule has 0 radical (unpaired) electrons. The van der Waals surface area contributed by atoms with Crippen LogP contribution >= 0.6 is 11.6 Å². The Bertz CT molecular complexity index is 518. The van der Waals surface area contributed by atoms with Crippen molar-refractivity contribution < 1.29 is 9.84 Å². The Labute approximate surface area is 111 Å². The number of halogens is 1. The highest BCUT2D eigenvalue weighted by Crippen LogP contribution is 2.29. The molecule has 0 unspecified atom stereocenters. The van der Waals surface area contributed by atoms with Gasteiger partial charge in [0.2, 0.25) is 0 Å². The number of rotatable bonds is 3. The van der Waals surface area contributed by atoms with Gasteiger partial charge in [0.05, 0.1) is 24.4 Å². The van der Waals surface area contributed by atoms with E-state index in [-0.39, 0.29) is 6.61 Å². The average molecular weight is 264 g/mol. The molecule has 0 saturated carbocycles. The summed E-state index contributed by atoms with van der Waals surface area (Å²) in [5.74, 6) is 0.643. The summed E-state index contributed by atoms with van der Waals surface area (Å²) in [5, 5.41) is 9.67. The third kappa shape index (κ3) is 2.47. The van der Waals surface area contributed by atoms with Gasteiger partial charge in [-0.05, 0) is 36.8 Å². The minimum Gasteiger partial charge on any atom is -0.495 e. The summed E-state index contributed by atoms with van der Waals surface area (Å²) in [7, 11) is 1.58. The Kier molecular flexibility index (Phi) is 3.84. The van der Waals surface area contributed by atoms with Gasteiger partial charge in [-0.15, -0.1) is 0 Å². The number of aliphatic hydroxyl groups excluding tert-OH is 1. The molecule has 0 aliphatic heterocycles. The van der Waals surface area contributed by atoms with Crippen molar-refractivity contribution in [1.82, 2.24) is 4.98 Å². The fourth-order valence-electron chi connectivity index (χ4n) is 1.74. The lowest BCUT2D eigenvalue weighted by Crippen LogP contribution is -1.94. The van der Waals surface area contributed by atoms with Crippen molar-refractivity contribution in [2.24, 2.45) is 0 Å². The molecule has 94 valence electrons. The van der Waals surface area contributed by atoms with Gasteiger partial charge < -0.3 is 9.84 Å². The van der Waals surface area contributed by atoms with Crippen LogP contribution in [0.1, 0.15) is 11.3 Å². The van der Waals surface area contributed by atoms with E-state index in [0.29, 0.717) is 10.8 Å². The Hall–Kier alpha value is -1.58. The quantitative estimate of drug-likeness (QED) is 0.925. The maximum Gasteiger partial charge on any atom is 0.137 e. The Balaban J connectivity index is 2.42. The Morgan fingerprint density at radius 1 is 1.28 bits per heavy atom. The summed E-state index contributed by atoms with van der Waals surface area (Å²) in [6.45, 7) is 1.88. The molecule has 18 heavy (non-hydrogen) atoms. The molecule has 1 aromatic heterocycles. The van der Waals surface area contributed by atoms with E-state index in [2.05, 4.69) is 4.98 Å². The van der Waals surface area contributed by atoms with E-state index in [1.54, 1.807) is 7.11 Å². The van der Waals surface area contributed by atoms with Crippen molar-refractivity contribution in [3.63, 3.8) is 0 Å². The molecule has 0 aliphatic carbocycles.